The standard InChI is InChI=1S/C16H13ClN2O3S/c1-22-16-5-3-2-4-15(16)19-11-14(10-18)23(20,21)13-8-6-12(17)7-9-13/h2-9,11,19H,1H3/b14-11+. The molecule has 0 saturated carbocycles. The minimum atomic E-state index is -3.92. The lowest BCUT2D eigenvalue weighted by Gasteiger charge is -2.08. The maximum Gasteiger partial charge on any atom is 0.218 e. The molecule has 0 aromatic heterocycles. The molecular weight excluding hydrogens is 336 g/mol. The van der Waals surface area contributed by atoms with Gasteiger partial charge in [-0.2, -0.15) is 5.26 Å². The number of nitriles is 1. The molecule has 0 radical (unpaired) electrons. The summed E-state index contributed by atoms with van der Waals surface area (Å²) in [6, 6.07) is 14.3. The van der Waals surface area contributed by atoms with Gasteiger partial charge >= 0.3 is 0 Å². The predicted octanol–water partition coefficient (Wildman–Crippen LogP) is 3.60. The largest absolute Gasteiger partial charge is 0.495 e. The lowest BCUT2D eigenvalue weighted by molar-refractivity contribution is 0.417. The van der Waals surface area contributed by atoms with Gasteiger partial charge in [0.1, 0.15) is 11.8 Å². The number of hydrogen-bond donors (Lipinski definition) is 1. The zero-order valence-electron chi connectivity index (χ0n) is 12.2. The number of ether oxygens (including phenoxy) is 1. The molecule has 2 aromatic carbocycles. The van der Waals surface area contributed by atoms with Crippen LogP contribution in [0.1, 0.15) is 0 Å². The number of halogens is 1. The molecule has 2 aromatic rings. The van der Waals surface area contributed by atoms with E-state index in [1.807, 2.05) is 0 Å². The van der Waals surface area contributed by atoms with Crippen LogP contribution in [0.4, 0.5) is 5.69 Å². The number of nitrogens with one attached hydrogen (secondary N) is 1. The first kappa shape index (κ1) is 16.9. The normalized spacial score (nSPS) is 11.6. The van der Waals surface area contributed by atoms with Crippen molar-refractivity contribution in [3.8, 4) is 11.8 Å². The van der Waals surface area contributed by atoms with E-state index in [4.69, 9.17) is 16.3 Å². The van der Waals surface area contributed by atoms with E-state index in [0.29, 0.717) is 16.5 Å². The third kappa shape index (κ3) is 3.83. The number of para-hydroxylation sites is 2. The molecule has 0 aliphatic heterocycles. The van der Waals surface area contributed by atoms with Gasteiger partial charge in [0.15, 0.2) is 4.91 Å². The Bertz CT molecular complexity index is 869. The third-order valence-corrected chi connectivity index (χ3v) is 4.92. The van der Waals surface area contributed by atoms with Crippen LogP contribution in [-0.2, 0) is 9.84 Å². The first-order valence-electron chi connectivity index (χ1n) is 6.49. The first-order chi connectivity index (χ1) is 11.0. The minimum Gasteiger partial charge on any atom is -0.495 e. The Morgan fingerprint density at radius 3 is 2.48 bits per heavy atom. The van der Waals surface area contributed by atoms with Crippen LogP contribution in [0.3, 0.4) is 0 Å². The van der Waals surface area contributed by atoms with Crippen LogP contribution in [0, 0.1) is 11.3 Å². The average Bonchev–Trinajstić information content (AvgIpc) is 2.56. The van der Waals surface area contributed by atoms with Gasteiger partial charge in [0.25, 0.3) is 0 Å². The van der Waals surface area contributed by atoms with Crippen molar-refractivity contribution in [2.24, 2.45) is 0 Å². The van der Waals surface area contributed by atoms with E-state index in [0.717, 1.165) is 6.20 Å². The maximum absolute atomic E-state index is 12.4. The molecule has 0 fully saturated rings. The molecule has 1 N–H and O–H groups in total. The van der Waals surface area contributed by atoms with Gasteiger partial charge in [-0.05, 0) is 36.4 Å². The fourth-order valence-corrected chi connectivity index (χ4v) is 3.03. The number of benzene rings is 2. The molecule has 0 unspecified atom stereocenters. The number of anilines is 1. The van der Waals surface area contributed by atoms with Gasteiger partial charge in [-0.3, -0.25) is 0 Å². The van der Waals surface area contributed by atoms with E-state index in [1.54, 1.807) is 30.3 Å². The summed E-state index contributed by atoms with van der Waals surface area (Å²) < 4.78 is 30.0. The van der Waals surface area contributed by atoms with Crippen molar-refractivity contribution < 1.29 is 13.2 Å². The monoisotopic (exact) mass is 348 g/mol. The van der Waals surface area contributed by atoms with Gasteiger partial charge in [-0.15, -0.1) is 0 Å². The molecule has 0 spiro atoms. The molecule has 5 nitrogen and oxygen atoms in total. The minimum absolute atomic E-state index is 0.00322. The summed E-state index contributed by atoms with van der Waals surface area (Å²) in [5.41, 5.74) is 0.550. The van der Waals surface area contributed by atoms with E-state index in [-0.39, 0.29) is 4.90 Å². The quantitative estimate of drug-likeness (QED) is 0.835. The van der Waals surface area contributed by atoms with E-state index >= 15 is 0 Å². The Kier molecular flexibility index (Phi) is 5.27. The fourth-order valence-electron chi connectivity index (χ4n) is 1.82. The van der Waals surface area contributed by atoms with Crippen molar-refractivity contribution in [2.75, 3.05) is 12.4 Å². The van der Waals surface area contributed by atoms with E-state index in [9.17, 15) is 13.7 Å². The number of allylic oxidation sites excluding steroid dienone is 1. The number of hydrogen-bond acceptors (Lipinski definition) is 5. The number of sulfone groups is 1. The molecule has 118 valence electrons. The first-order valence-corrected chi connectivity index (χ1v) is 8.35. The Morgan fingerprint density at radius 2 is 1.87 bits per heavy atom. The SMILES string of the molecule is COc1ccccc1N/C=C(\C#N)S(=O)(=O)c1ccc(Cl)cc1. The number of rotatable bonds is 5. The fraction of sp³-hybridized carbons (Fsp3) is 0.0625. The van der Waals surface area contributed by atoms with Crippen LogP contribution >= 0.6 is 11.6 Å². The van der Waals surface area contributed by atoms with Gasteiger partial charge in [-0.25, -0.2) is 8.42 Å². The second-order valence-electron chi connectivity index (χ2n) is 4.42. The molecule has 0 amide bonds. The Balaban J connectivity index is 2.35. The van der Waals surface area contributed by atoms with Crippen LogP contribution in [-0.4, -0.2) is 15.5 Å². The van der Waals surface area contributed by atoms with Crippen molar-refractivity contribution in [3.05, 3.63) is 64.7 Å². The Hall–Kier alpha value is -2.49. The van der Waals surface area contributed by atoms with Crippen molar-refractivity contribution in [2.45, 2.75) is 4.90 Å². The van der Waals surface area contributed by atoms with E-state index < -0.39 is 14.7 Å². The molecule has 0 heterocycles. The van der Waals surface area contributed by atoms with Crippen molar-refractivity contribution in [1.82, 2.24) is 0 Å². The highest BCUT2D eigenvalue weighted by Gasteiger charge is 2.20. The summed E-state index contributed by atoms with van der Waals surface area (Å²) in [4.78, 5) is -0.415. The smallest absolute Gasteiger partial charge is 0.218 e. The van der Waals surface area contributed by atoms with Crippen molar-refractivity contribution in [1.29, 1.82) is 5.26 Å². The summed E-state index contributed by atoms with van der Waals surface area (Å²) in [5.74, 6) is 0.532. The molecule has 0 atom stereocenters. The average molecular weight is 349 g/mol. The zero-order valence-corrected chi connectivity index (χ0v) is 13.7. The zero-order chi connectivity index (χ0) is 16.9. The lowest BCUT2D eigenvalue weighted by Crippen LogP contribution is -2.06. The maximum atomic E-state index is 12.4. The van der Waals surface area contributed by atoms with Crippen molar-refractivity contribution in [3.63, 3.8) is 0 Å². The van der Waals surface area contributed by atoms with E-state index in [2.05, 4.69) is 5.32 Å². The highest BCUT2D eigenvalue weighted by molar-refractivity contribution is 7.95. The molecule has 0 saturated heterocycles. The topological polar surface area (TPSA) is 79.2 Å². The van der Waals surface area contributed by atoms with Crippen LogP contribution < -0.4 is 10.1 Å². The summed E-state index contributed by atoms with van der Waals surface area (Å²) in [7, 11) is -2.42. The molecule has 23 heavy (non-hydrogen) atoms. The molecular formula is C16H13ClN2O3S. The van der Waals surface area contributed by atoms with Crippen molar-refractivity contribution >= 4 is 27.1 Å². The number of nitrogens with zero attached hydrogens (tertiary/aromatic N) is 1. The van der Waals surface area contributed by atoms with Gasteiger partial charge in [-0.1, -0.05) is 23.7 Å². The van der Waals surface area contributed by atoms with Crippen LogP contribution in [0.2, 0.25) is 5.02 Å². The molecule has 0 aliphatic carbocycles. The van der Waals surface area contributed by atoms with Crippen LogP contribution in [0.5, 0.6) is 5.75 Å². The number of methoxy groups -OCH3 is 1. The Morgan fingerprint density at radius 1 is 1.22 bits per heavy atom. The van der Waals surface area contributed by atoms with Gasteiger partial charge in [0.2, 0.25) is 9.84 Å². The van der Waals surface area contributed by atoms with Gasteiger partial charge in [0.05, 0.1) is 17.7 Å². The second-order valence-corrected chi connectivity index (χ2v) is 6.78. The highest BCUT2D eigenvalue weighted by Crippen LogP contribution is 2.25. The highest BCUT2D eigenvalue weighted by atomic mass is 35.5. The lowest BCUT2D eigenvalue weighted by atomic mass is 10.3. The molecule has 7 heteroatoms. The predicted molar refractivity (Wildman–Crippen MR) is 89.0 cm³/mol. The summed E-state index contributed by atoms with van der Waals surface area (Å²) in [6.07, 6.45) is 1.14. The molecule has 0 bridgehead atoms. The third-order valence-electron chi connectivity index (χ3n) is 2.99. The molecule has 2 rings (SSSR count). The second kappa shape index (κ2) is 7.18. The Labute approximate surface area is 139 Å². The van der Waals surface area contributed by atoms with E-state index in [1.165, 1.54) is 31.4 Å². The summed E-state index contributed by atoms with van der Waals surface area (Å²) in [5, 5.41) is 12.4. The van der Waals surface area contributed by atoms with Crippen LogP contribution in [0.15, 0.2) is 64.5 Å². The van der Waals surface area contributed by atoms with Gasteiger partial charge in [0, 0.05) is 11.2 Å². The summed E-state index contributed by atoms with van der Waals surface area (Å²) in [6.45, 7) is 0. The summed E-state index contributed by atoms with van der Waals surface area (Å²) >= 11 is 5.75. The van der Waals surface area contributed by atoms with Gasteiger partial charge < -0.3 is 10.1 Å². The molecule has 0 aliphatic rings. The van der Waals surface area contributed by atoms with Crippen LogP contribution in [0.25, 0.3) is 0 Å².